The molecular formula is C23H37F2N5. The normalized spacial score (nSPS) is 21.7. The fourth-order valence-electron chi connectivity index (χ4n) is 4.80. The van der Waals surface area contributed by atoms with Gasteiger partial charge in [0.25, 0.3) is 6.43 Å². The fraction of sp³-hybridized carbons (Fsp3) is 0.696. The van der Waals surface area contributed by atoms with Gasteiger partial charge >= 0.3 is 0 Å². The number of hydrogen-bond acceptors (Lipinski definition) is 3. The van der Waals surface area contributed by atoms with E-state index in [1.165, 1.54) is 18.4 Å². The number of benzene rings is 1. The summed E-state index contributed by atoms with van der Waals surface area (Å²) < 4.78 is 25.1. The van der Waals surface area contributed by atoms with Crippen LogP contribution in [0.4, 0.5) is 8.78 Å². The molecule has 1 aromatic carbocycles. The number of likely N-dealkylation sites (tertiary alicyclic amines) is 1. The Morgan fingerprint density at radius 1 is 1.17 bits per heavy atom. The van der Waals surface area contributed by atoms with E-state index in [-0.39, 0.29) is 18.1 Å². The molecule has 5 nitrogen and oxygen atoms in total. The van der Waals surface area contributed by atoms with Crippen molar-refractivity contribution in [2.45, 2.75) is 69.5 Å². The maximum Gasteiger partial charge on any atom is 0.251 e. The van der Waals surface area contributed by atoms with Crippen molar-refractivity contribution < 1.29 is 8.78 Å². The minimum Gasteiger partial charge on any atom is -0.355 e. The van der Waals surface area contributed by atoms with E-state index in [1.54, 1.807) is 7.05 Å². The van der Waals surface area contributed by atoms with E-state index in [1.807, 2.05) is 4.90 Å². The summed E-state index contributed by atoms with van der Waals surface area (Å²) in [7, 11) is 1.79. The first-order chi connectivity index (χ1) is 14.5. The average Bonchev–Trinajstić information content (AvgIpc) is 3.21. The summed E-state index contributed by atoms with van der Waals surface area (Å²) in [6, 6.07) is 11.2. The largest absolute Gasteiger partial charge is 0.355 e. The van der Waals surface area contributed by atoms with E-state index in [4.69, 9.17) is 0 Å². The first-order valence-electron chi connectivity index (χ1n) is 11.3. The van der Waals surface area contributed by atoms with Crippen LogP contribution in [-0.4, -0.2) is 62.1 Å². The number of piperidine rings is 1. The molecule has 0 amide bonds. The standard InChI is InChI=1S/C23H37F2N5/c1-18(19-8-4-3-5-9-19)29-23(12-6-7-13-23)17-27-22(26-2)28-20-10-14-30(15-11-20)16-21(24)25/h3-5,8-9,18,20-21,29H,6-7,10-17H2,1-2H3,(H2,26,27,28). The lowest BCUT2D eigenvalue weighted by atomic mass is 9.94. The van der Waals surface area contributed by atoms with Gasteiger partial charge in [0.2, 0.25) is 0 Å². The predicted molar refractivity (Wildman–Crippen MR) is 119 cm³/mol. The summed E-state index contributed by atoms with van der Waals surface area (Å²) in [5.74, 6) is 0.808. The third kappa shape index (κ3) is 6.64. The summed E-state index contributed by atoms with van der Waals surface area (Å²) in [5, 5.41) is 10.9. The lowest BCUT2D eigenvalue weighted by Gasteiger charge is -2.36. The zero-order valence-corrected chi connectivity index (χ0v) is 18.3. The van der Waals surface area contributed by atoms with Crippen molar-refractivity contribution in [1.29, 1.82) is 0 Å². The summed E-state index contributed by atoms with van der Waals surface area (Å²) in [5.41, 5.74) is 1.37. The number of nitrogens with zero attached hydrogens (tertiary/aromatic N) is 2. The molecular weight excluding hydrogens is 384 g/mol. The molecule has 168 valence electrons. The second kappa shape index (κ2) is 11.0. The van der Waals surface area contributed by atoms with Gasteiger partial charge < -0.3 is 16.0 Å². The Kier molecular flexibility index (Phi) is 8.45. The quantitative estimate of drug-likeness (QED) is 0.444. The molecule has 1 aliphatic carbocycles. The van der Waals surface area contributed by atoms with Gasteiger partial charge in [-0.3, -0.25) is 9.89 Å². The number of rotatable bonds is 8. The van der Waals surface area contributed by atoms with Gasteiger partial charge in [0, 0.05) is 44.3 Å². The van der Waals surface area contributed by atoms with Crippen molar-refractivity contribution >= 4 is 5.96 Å². The summed E-state index contributed by atoms with van der Waals surface area (Å²) in [6.07, 6.45) is 4.26. The third-order valence-electron chi connectivity index (χ3n) is 6.53. The van der Waals surface area contributed by atoms with Crippen LogP contribution in [0.15, 0.2) is 35.3 Å². The highest BCUT2D eigenvalue weighted by Gasteiger charge is 2.35. The Morgan fingerprint density at radius 2 is 1.83 bits per heavy atom. The monoisotopic (exact) mass is 421 g/mol. The summed E-state index contributed by atoms with van der Waals surface area (Å²) in [4.78, 5) is 6.26. The Bertz CT molecular complexity index is 653. The number of guanidine groups is 1. The molecule has 1 aliphatic heterocycles. The molecule has 30 heavy (non-hydrogen) atoms. The van der Waals surface area contributed by atoms with E-state index in [0.717, 1.165) is 38.2 Å². The first-order valence-corrected chi connectivity index (χ1v) is 11.3. The molecule has 0 radical (unpaired) electrons. The van der Waals surface area contributed by atoms with Gasteiger partial charge in [-0.1, -0.05) is 43.2 Å². The van der Waals surface area contributed by atoms with Gasteiger partial charge in [0.1, 0.15) is 0 Å². The Labute approximate surface area is 179 Å². The molecule has 1 unspecified atom stereocenters. The lowest BCUT2D eigenvalue weighted by Crippen LogP contribution is -2.56. The van der Waals surface area contributed by atoms with Crippen molar-refractivity contribution in [3.05, 3.63) is 35.9 Å². The van der Waals surface area contributed by atoms with Crippen molar-refractivity contribution in [3.8, 4) is 0 Å². The molecule has 3 rings (SSSR count). The maximum absolute atomic E-state index is 12.6. The van der Waals surface area contributed by atoms with E-state index in [0.29, 0.717) is 19.1 Å². The van der Waals surface area contributed by atoms with Crippen LogP contribution < -0.4 is 16.0 Å². The van der Waals surface area contributed by atoms with E-state index < -0.39 is 6.43 Å². The van der Waals surface area contributed by atoms with Crippen molar-refractivity contribution in [2.24, 2.45) is 4.99 Å². The molecule has 0 bridgehead atoms. The molecule has 1 aromatic rings. The van der Waals surface area contributed by atoms with E-state index >= 15 is 0 Å². The highest BCUT2D eigenvalue weighted by molar-refractivity contribution is 5.80. The Hall–Kier alpha value is -1.73. The number of nitrogens with one attached hydrogen (secondary N) is 3. The molecule has 1 saturated carbocycles. The van der Waals surface area contributed by atoms with Crippen LogP contribution >= 0.6 is 0 Å². The molecule has 2 aliphatic rings. The minimum atomic E-state index is -2.25. The van der Waals surface area contributed by atoms with Crippen molar-refractivity contribution in [3.63, 3.8) is 0 Å². The van der Waals surface area contributed by atoms with Crippen molar-refractivity contribution in [1.82, 2.24) is 20.9 Å². The van der Waals surface area contributed by atoms with Crippen molar-refractivity contribution in [2.75, 3.05) is 33.2 Å². The summed E-state index contributed by atoms with van der Waals surface area (Å²) in [6.45, 7) is 4.36. The maximum atomic E-state index is 12.6. The second-order valence-electron chi connectivity index (χ2n) is 8.80. The molecule has 1 atom stereocenters. The molecule has 3 N–H and O–H groups in total. The molecule has 1 saturated heterocycles. The zero-order valence-electron chi connectivity index (χ0n) is 18.3. The number of halogens is 2. The molecule has 0 aromatic heterocycles. The highest BCUT2D eigenvalue weighted by Crippen LogP contribution is 2.31. The van der Waals surface area contributed by atoms with Gasteiger partial charge in [-0.25, -0.2) is 8.78 Å². The van der Waals surface area contributed by atoms with Gasteiger partial charge in [-0.2, -0.15) is 0 Å². The Morgan fingerprint density at radius 3 is 2.43 bits per heavy atom. The number of hydrogen-bond donors (Lipinski definition) is 3. The van der Waals surface area contributed by atoms with E-state index in [2.05, 4.69) is 58.2 Å². The molecule has 0 spiro atoms. The average molecular weight is 422 g/mol. The molecule has 7 heteroatoms. The van der Waals surface area contributed by atoms with Crippen LogP contribution in [0.25, 0.3) is 0 Å². The predicted octanol–water partition coefficient (Wildman–Crippen LogP) is 3.54. The van der Waals surface area contributed by atoms with E-state index in [9.17, 15) is 8.78 Å². The first kappa shape index (κ1) is 22.9. The molecule has 2 fully saturated rings. The second-order valence-corrected chi connectivity index (χ2v) is 8.80. The SMILES string of the molecule is CN=C(NCC1(NC(C)c2ccccc2)CCCC1)NC1CCN(CC(F)F)CC1. The van der Waals surface area contributed by atoms with Crippen LogP contribution in [0.2, 0.25) is 0 Å². The van der Waals surface area contributed by atoms with Crippen LogP contribution in [0.5, 0.6) is 0 Å². The summed E-state index contributed by atoms with van der Waals surface area (Å²) >= 11 is 0. The minimum absolute atomic E-state index is 0.0630. The topological polar surface area (TPSA) is 51.7 Å². The van der Waals surface area contributed by atoms with Crippen LogP contribution in [0.1, 0.15) is 57.1 Å². The highest BCUT2D eigenvalue weighted by atomic mass is 19.3. The number of aliphatic imine (C=N–C) groups is 1. The lowest BCUT2D eigenvalue weighted by molar-refractivity contribution is 0.0744. The van der Waals surface area contributed by atoms with Gasteiger partial charge in [0.05, 0.1) is 6.54 Å². The van der Waals surface area contributed by atoms with Crippen LogP contribution in [-0.2, 0) is 0 Å². The van der Waals surface area contributed by atoms with Crippen LogP contribution in [0.3, 0.4) is 0 Å². The van der Waals surface area contributed by atoms with Gasteiger partial charge in [0.15, 0.2) is 5.96 Å². The number of alkyl halides is 2. The Balaban J connectivity index is 1.50. The van der Waals surface area contributed by atoms with Gasteiger partial charge in [-0.05, 0) is 38.2 Å². The van der Waals surface area contributed by atoms with Crippen LogP contribution in [0, 0.1) is 0 Å². The van der Waals surface area contributed by atoms with Gasteiger partial charge in [-0.15, -0.1) is 0 Å². The molecule has 1 heterocycles. The zero-order chi connectivity index (χ0) is 21.4. The smallest absolute Gasteiger partial charge is 0.251 e. The fourth-order valence-corrected chi connectivity index (χ4v) is 4.80. The third-order valence-corrected chi connectivity index (χ3v) is 6.53.